The van der Waals surface area contributed by atoms with Crippen LogP contribution in [0.15, 0.2) is 4.52 Å². The van der Waals surface area contributed by atoms with Gasteiger partial charge in [0.1, 0.15) is 0 Å². The first-order valence-corrected chi connectivity index (χ1v) is 7.14. The van der Waals surface area contributed by atoms with Gasteiger partial charge in [0.25, 0.3) is 0 Å². The lowest BCUT2D eigenvalue weighted by Gasteiger charge is -2.20. The molecule has 18 heavy (non-hydrogen) atoms. The van der Waals surface area contributed by atoms with Gasteiger partial charge >= 0.3 is 0 Å². The maximum absolute atomic E-state index is 5.42. The summed E-state index contributed by atoms with van der Waals surface area (Å²) in [4.78, 5) is 4.53. The lowest BCUT2D eigenvalue weighted by Crippen LogP contribution is -2.32. The van der Waals surface area contributed by atoms with Crippen molar-refractivity contribution in [2.45, 2.75) is 65.8 Å². The monoisotopic (exact) mass is 253 g/mol. The molecular formula is C14H27N3O. The normalized spacial score (nSPS) is 15.0. The summed E-state index contributed by atoms with van der Waals surface area (Å²) in [5.74, 6) is 2.49. The molecule has 1 rings (SSSR count). The molecule has 1 aromatic heterocycles. The molecule has 0 radical (unpaired) electrons. The molecule has 0 spiro atoms. The van der Waals surface area contributed by atoms with E-state index in [0.717, 1.165) is 37.5 Å². The van der Waals surface area contributed by atoms with E-state index in [1.165, 1.54) is 0 Å². The third-order valence-corrected chi connectivity index (χ3v) is 3.15. The summed E-state index contributed by atoms with van der Waals surface area (Å²) in [7, 11) is 0. The molecule has 104 valence electrons. The molecule has 4 nitrogen and oxygen atoms in total. The van der Waals surface area contributed by atoms with Gasteiger partial charge < -0.3 is 9.84 Å². The molecule has 0 fully saturated rings. The summed E-state index contributed by atoms with van der Waals surface area (Å²) in [6.07, 6.45) is 3.04. The smallest absolute Gasteiger partial charge is 0.231 e. The Bertz CT molecular complexity index is 336. The molecule has 0 bridgehead atoms. The van der Waals surface area contributed by atoms with Crippen LogP contribution in [-0.2, 0) is 6.42 Å². The van der Waals surface area contributed by atoms with Crippen LogP contribution in [0.1, 0.15) is 65.1 Å². The molecule has 0 amide bonds. The van der Waals surface area contributed by atoms with Crippen LogP contribution in [0.3, 0.4) is 0 Å². The summed E-state index contributed by atoms with van der Waals surface area (Å²) in [6.45, 7) is 11.9. The topological polar surface area (TPSA) is 51.0 Å². The summed E-state index contributed by atoms with van der Waals surface area (Å²) in [5, 5.41) is 7.58. The molecule has 4 heteroatoms. The Morgan fingerprint density at radius 3 is 2.50 bits per heavy atom. The molecule has 2 atom stereocenters. The second-order valence-corrected chi connectivity index (χ2v) is 5.40. The predicted molar refractivity (Wildman–Crippen MR) is 73.6 cm³/mol. The molecule has 0 saturated carbocycles. The third kappa shape index (κ3) is 4.41. The van der Waals surface area contributed by atoms with Crippen molar-refractivity contribution in [2.24, 2.45) is 5.92 Å². The Morgan fingerprint density at radius 2 is 1.94 bits per heavy atom. The number of aromatic nitrogens is 2. The van der Waals surface area contributed by atoms with Crippen LogP contribution in [0, 0.1) is 5.92 Å². The van der Waals surface area contributed by atoms with Crippen LogP contribution in [0.5, 0.6) is 0 Å². The van der Waals surface area contributed by atoms with E-state index in [1.54, 1.807) is 0 Å². The fraction of sp³-hybridized carbons (Fsp3) is 0.857. The first-order chi connectivity index (χ1) is 8.58. The number of nitrogens with one attached hydrogen (secondary N) is 1. The van der Waals surface area contributed by atoms with E-state index in [4.69, 9.17) is 4.52 Å². The Balaban J connectivity index is 2.66. The highest BCUT2D eigenvalue weighted by molar-refractivity contribution is 4.98. The molecule has 0 aliphatic carbocycles. The highest BCUT2D eigenvalue weighted by atomic mass is 16.5. The van der Waals surface area contributed by atoms with Gasteiger partial charge in [0.05, 0.1) is 5.92 Å². The summed E-state index contributed by atoms with van der Waals surface area (Å²) < 4.78 is 5.42. The highest BCUT2D eigenvalue weighted by Gasteiger charge is 2.23. The minimum Gasteiger partial charge on any atom is -0.339 e. The molecule has 1 heterocycles. The molecule has 1 aromatic rings. The van der Waals surface area contributed by atoms with E-state index in [0.29, 0.717) is 17.9 Å². The second kappa shape index (κ2) is 7.52. The molecule has 0 aliphatic heterocycles. The van der Waals surface area contributed by atoms with Crippen molar-refractivity contribution in [1.82, 2.24) is 15.5 Å². The Kier molecular flexibility index (Phi) is 6.33. The maximum atomic E-state index is 5.42. The van der Waals surface area contributed by atoms with E-state index in [9.17, 15) is 0 Å². The third-order valence-electron chi connectivity index (χ3n) is 3.15. The predicted octanol–water partition coefficient (Wildman–Crippen LogP) is 3.15. The van der Waals surface area contributed by atoms with Gasteiger partial charge in [-0.1, -0.05) is 32.9 Å². The van der Waals surface area contributed by atoms with Gasteiger partial charge in [-0.2, -0.15) is 4.98 Å². The molecule has 2 unspecified atom stereocenters. The summed E-state index contributed by atoms with van der Waals surface area (Å²) in [6, 6.07) is 0.377. The van der Waals surface area contributed by atoms with Gasteiger partial charge in [-0.05, 0) is 32.2 Å². The zero-order valence-electron chi connectivity index (χ0n) is 12.4. The average Bonchev–Trinajstić information content (AvgIpc) is 2.74. The van der Waals surface area contributed by atoms with Crippen molar-refractivity contribution in [2.75, 3.05) is 6.54 Å². The first-order valence-electron chi connectivity index (χ1n) is 7.14. The fourth-order valence-corrected chi connectivity index (χ4v) is 2.12. The van der Waals surface area contributed by atoms with Crippen LogP contribution >= 0.6 is 0 Å². The van der Waals surface area contributed by atoms with Gasteiger partial charge in [0, 0.05) is 12.5 Å². The number of rotatable bonds is 8. The largest absolute Gasteiger partial charge is 0.339 e. The van der Waals surface area contributed by atoms with Crippen molar-refractivity contribution in [3.63, 3.8) is 0 Å². The highest BCUT2D eigenvalue weighted by Crippen LogP contribution is 2.22. The number of hydrogen-bond acceptors (Lipinski definition) is 4. The van der Waals surface area contributed by atoms with E-state index in [2.05, 4.69) is 50.1 Å². The Hall–Kier alpha value is -0.900. The van der Waals surface area contributed by atoms with Crippen molar-refractivity contribution >= 4 is 0 Å². The fourth-order valence-electron chi connectivity index (χ4n) is 2.12. The van der Waals surface area contributed by atoms with E-state index in [-0.39, 0.29) is 0 Å². The van der Waals surface area contributed by atoms with Gasteiger partial charge in [0.2, 0.25) is 5.89 Å². The van der Waals surface area contributed by atoms with Crippen molar-refractivity contribution < 1.29 is 4.52 Å². The molecule has 0 aromatic carbocycles. The maximum Gasteiger partial charge on any atom is 0.231 e. The first kappa shape index (κ1) is 15.2. The standard InChI is InChI=1S/C14H27N3O/c1-6-8-15-11(5)12(7-2)14-16-13(17-18-14)9-10(3)4/h10-12,15H,6-9H2,1-5H3. The lowest BCUT2D eigenvalue weighted by atomic mass is 9.98. The van der Waals surface area contributed by atoms with Crippen molar-refractivity contribution in [3.05, 3.63) is 11.7 Å². The van der Waals surface area contributed by atoms with Crippen molar-refractivity contribution in [3.8, 4) is 0 Å². The molecule has 0 aliphatic rings. The summed E-state index contributed by atoms with van der Waals surface area (Å²) in [5.41, 5.74) is 0. The minimum atomic E-state index is 0.310. The average molecular weight is 253 g/mol. The zero-order valence-corrected chi connectivity index (χ0v) is 12.4. The van der Waals surface area contributed by atoms with Gasteiger partial charge in [-0.15, -0.1) is 0 Å². The Labute approximate surface area is 111 Å². The molecule has 1 N–H and O–H groups in total. The van der Waals surface area contributed by atoms with E-state index in [1.807, 2.05) is 0 Å². The zero-order chi connectivity index (χ0) is 13.5. The van der Waals surface area contributed by atoms with Gasteiger partial charge in [0.15, 0.2) is 5.82 Å². The van der Waals surface area contributed by atoms with E-state index < -0.39 is 0 Å². The van der Waals surface area contributed by atoms with Gasteiger partial charge in [-0.25, -0.2) is 0 Å². The van der Waals surface area contributed by atoms with Crippen LogP contribution in [-0.4, -0.2) is 22.7 Å². The van der Waals surface area contributed by atoms with Crippen LogP contribution < -0.4 is 5.32 Å². The summed E-state index contributed by atoms with van der Waals surface area (Å²) >= 11 is 0. The lowest BCUT2D eigenvalue weighted by molar-refractivity contribution is 0.313. The number of nitrogens with zero attached hydrogens (tertiary/aromatic N) is 2. The quantitative estimate of drug-likeness (QED) is 0.773. The number of hydrogen-bond donors (Lipinski definition) is 1. The SMILES string of the molecule is CCCNC(C)C(CC)c1nc(CC(C)C)no1. The van der Waals surface area contributed by atoms with E-state index >= 15 is 0 Å². The second-order valence-electron chi connectivity index (χ2n) is 5.40. The van der Waals surface area contributed by atoms with Crippen LogP contribution in [0.25, 0.3) is 0 Å². The molecular weight excluding hydrogens is 226 g/mol. The van der Waals surface area contributed by atoms with Gasteiger partial charge in [-0.3, -0.25) is 0 Å². The molecule has 0 saturated heterocycles. The van der Waals surface area contributed by atoms with Crippen LogP contribution in [0.4, 0.5) is 0 Å². The van der Waals surface area contributed by atoms with Crippen molar-refractivity contribution in [1.29, 1.82) is 0 Å². The van der Waals surface area contributed by atoms with Crippen LogP contribution in [0.2, 0.25) is 0 Å². The minimum absolute atomic E-state index is 0.310. The Morgan fingerprint density at radius 1 is 1.22 bits per heavy atom.